The van der Waals surface area contributed by atoms with Gasteiger partial charge in [0, 0.05) is 30.9 Å². The van der Waals surface area contributed by atoms with E-state index in [4.69, 9.17) is 4.74 Å². The van der Waals surface area contributed by atoms with Crippen LogP contribution < -0.4 is 9.91 Å². The Hall–Kier alpha value is -2.90. The molecule has 29 heavy (non-hydrogen) atoms. The largest absolute Gasteiger partial charge is 0.465 e. The van der Waals surface area contributed by atoms with E-state index in [0.717, 1.165) is 24.3 Å². The van der Waals surface area contributed by atoms with Gasteiger partial charge in [-0.1, -0.05) is 0 Å². The van der Waals surface area contributed by atoms with Crippen molar-refractivity contribution < 1.29 is 19.4 Å². The molecule has 8 nitrogen and oxygen atoms in total. The second-order valence-electron chi connectivity index (χ2n) is 8.64. The minimum absolute atomic E-state index is 0.146. The summed E-state index contributed by atoms with van der Waals surface area (Å²) in [6.07, 6.45) is 0.322. The minimum atomic E-state index is -0.846. The van der Waals surface area contributed by atoms with E-state index in [1.807, 2.05) is 24.3 Å². The average Bonchev–Trinajstić information content (AvgIpc) is 3.19. The molecule has 0 spiro atoms. The molecule has 0 bridgehead atoms. The zero-order valence-corrected chi connectivity index (χ0v) is 17.2. The Labute approximate surface area is 170 Å². The summed E-state index contributed by atoms with van der Waals surface area (Å²) in [7, 11) is 0. The van der Waals surface area contributed by atoms with Crippen LogP contribution in [0.2, 0.25) is 0 Å². The molecule has 3 aliphatic heterocycles. The van der Waals surface area contributed by atoms with Gasteiger partial charge in [-0.25, -0.2) is 9.59 Å². The Morgan fingerprint density at radius 1 is 1.03 bits per heavy atom. The van der Waals surface area contributed by atoms with Gasteiger partial charge in [0.05, 0.1) is 24.3 Å². The van der Waals surface area contributed by atoms with E-state index in [2.05, 4.69) is 30.8 Å². The van der Waals surface area contributed by atoms with E-state index in [0.29, 0.717) is 32.7 Å². The van der Waals surface area contributed by atoms with Crippen LogP contribution in [0, 0.1) is 0 Å². The van der Waals surface area contributed by atoms with Crippen molar-refractivity contribution in [2.24, 2.45) is 0 Å². The number of benzene rings is 1. The van der Waals surface area contributed by atoms with Crippen LogP contribution in [0.25, 0.3) is 0 Å². The van der Waals surface area contributed by atoms with Crippen LogP contribution in [-0.4, -0.2) is 65.5 Å². The first-order valence-electron chi connectivity index (χ1n) is 10.1. The molecule has 0 saturated carbocycles. The number of carbonyl (C=O) groups is 2. The van der Waals surface area contributed by atoms with Crippen molar-refractivity contribution in [1.29, 1.82) is 0 Å². The maximum Gasteiger partial charge on any atom is 0.414 e. The predicted molar refractivity (Wildman–Crippen MR) is 110 cm³/mol. The summed E-state index contributed by atoms with van der Waals surface area (Å²) in [5.74, 6) is 0. The number of carboxylic acid groups (broad SMARTS) is 1. The first-order chi connectivity index (χ1) is 13.8. The molecule has 0 radical (unpaired) electrons. The van der Waals surface area contributed by atoms with E-state index >= 15 is 0 Å². The highest BCUT2D eigenvalue weighted by atomic mass is 16.6. The number of ether oxygens (including phenoxy) is 1. The normalized spacial score (nSPS) is 20.2. The van der Waals surface area contributed by atoms with Crippen molar-refractivity contribution >= 4 is 23.6 Å². The summed E-state index contributed by atoms with van der Waals surface area (Å²) >= 11 is 0. The lowest BCUT2D eigenvalue weighted by molar-refractivity contribution is 0.142. The van der Waals surface area contributed by atoms with Crippen molar-refractivity contribution in [2.75, 3.05) is 42.7 Å². The summed E-state index contributed by atoms with van der Waals surface area (Å²) in [5.41, 5.74) is 4.28. The minimum Gasteiger partial charge on any atom is -0.465 e. The van der Waals surface area contributed by atoms with Gasteiger partial charge in [-0.15, -0.1) is 0 Å². The molecule has 156 valence electrons. The number of carbonyl (C=O) groups excluding carboxylic acids is 1. The fraction of sp³-hybridized carbons (Fsp3) is 0.524. The Morgan fingerprint density at radius 3 is 2.28 bits per heavy atom. The van der Waals surface area contributed by atoms with Gasteiger partial charge in [-0.2, -0.15) is 0 Å². The maximum atomic E-state index is 11.8. The highest BCUT2D eigenvalue weighted by Crippen LogP contribution is 2.39. The SMILES string of the molecule is CC(C)(C)N1C2=C(CCN(C(=O)O)CC2)CN1c1ccc(N2CCOC2=O)cc1. The summed E-state index contributed by atoms with van der Waals surface area (Å²) < 4.78 is 5.03. The third-order valence-corrected chi connectivity index (χ3v) is 5.67. The van der Waals surface area contributed by atoms with Gasteiger partial charge in [0.1, 0.15) is 6.61 Å². The van der Waals surface area contributed by atoms with Crippen LogP contribution >= 0.6 is 0 Å². The number of nitrogens with zero attached hydrogens (tertiary/aromatic N) is 4. The zero-order valence-electron chi connectivity index (χ0n) is 17.2. The fourth-order valence-corrected chi connectivity index (χ4v) is 4.36. The highest BCUT2D eigenvalue weighted by molar-refractivity contribution is 5.89. The lowest BCUT2D eigenvalue weighted by Crippen LogP contribution is -2.50. The molecule has 1 saturated heterocycles. The molecule has 1 N–H and O–H groups in total. The molecule has 0 aliphatic carbocycles. The summed E-state index contributed by atoms with van der Waals surface area (Å²) in [6.45, 7) is 9.32. The van der Waals surface area contributed by atoms with Gasteiger partial charge in [0.15, 0.2) is 0 Å². The number of cyclic esters (lactones) is 1. The molecule has 2 amide bonds. The number of hydrogen-bond acceptors (Lipinski definition) is 5. The van der Waals surface area contributed by atoms with Crippen LogP contribution in [0.1, 0.15) is 33.6 Å². The smallest absolute Gasteiger partial charge is 0.414 e. The molecule has 0 atom stereocenters. The van der Waals surface area contributed by atoms with Gasteiger partial charge in [0.25, 0.3) is 0 Å². The molecule has 1 aromatic carbocycles. The first-order valence-corrected chi connectivity index (χ1v) is 10.1. The number of rotatable bonds is 2. The lowest BCUT2D eigenvalue weighted by atomic mass is 10.1. The quantitative estimate of drug-likeness (QED) is 0.819. The van der Waals surface area contributed by atoms with Gasteiger partial charge in [-0.05, 0) is 57.0 Å². The molecule has 4 rings (SSSR count). The predicted octanol–water partition coefficient (Wildman–Crippen LogP) is 3.51. The van der Waals surface area contributed by atoms with Gasteiger partial charge in [-0.3, -0.25) is 14.9 Å². The number of amides is 2. The lowest BCUT2D eigenvalue weighted by Gasteiger charge is -2.44. The van der Waals surface area contributed by atoms with Gasteiger partial charge >= 0.3 is 12.2 Å². The Balaban J connectivity index is 1.58. The fourth-order valence-electron chi connectivity index (χ4n) is 4.36. The van der Waals surface area contributed by atoms with E-state index in [1.54, 1.807) is 4.90 Å². The maximum absolute atomic E-state index is 11.8. The summed E-state index contributed by atoms with van der Waals surface area (Å²) in [4.78, 5) is 26.4. The van der Waals surface area contributed by atoms with Crippen LogP contribution in [0.5, 0.6) is 0 Å². The van der Waals surface area contributed by atoms with Crippen molar-refractivity contribution in [1.82, 2.24) is 9.91 Å². The monoisotopic (exact) mass is 400 g/mol. The van der Waals surface area contributed by atoms with E-state index < -0.39 is 6.09 Å². The third-order valence-electron chi connectivity index (χ3n) is 5.67. The second kappa shape index (κ2) is 7.17. The number of anilines is 2. The van der Waals surface area contributed by atoms with Crippen LogP contribution in [-0.2, 0) is 4.74 Å². The van der Waals surface area contributed by atoms with E-state index in [9.17, 15) is 14.7 Å². The van der Waals surface area contributed by atoms with Gasteiger partial charge < -0.3 is 14.7 Å². The number of hydrogen-bond donors (Lipinski definition) is 1. The first kappa shape index (κ1) is 19.4. The average molecular weight is 400 g/mol. The van der Waals surface area contributed by atoms with E-state index in [1.165, 1.54) is 16.2 Å². The van der Waals surface area contributed by atoms with Crippen LogP contribution in [0.3, 0.4) is 0 Å². The van der Waals surface area contributed by atoms with Crippen molar-refractivity contribution in [2.45, 2.75) is 39.2 Å². The van der Waals surface area contributed by atoms with Crippen molar-refractivity contribution in [3.8, 4) is 0 Å². The molecular formula is C21H28N4O4. The molecule has 3 aliphatic rings. The highest BCUT2D eigenvalue weighted by Gasteiger charge is 2.38. The molecule has 3 heterocycles. The molecular weight excluding hydrogens is 372 g/mol. The number of hydrazine groups is 1. The molecule has 1 fully saturated rings. The Kier molecular flexibility index (Phi) is 4.80. The topological polar surface area (TPSA) is 76.6 Å². The molecule has 0 unspecified atom stereocenters. The molecule has 1 aromatic rings. The van der Waals surface area contributed by atoms with Crippen molar-refractivity contribution in [3.05, 3.63) is 35.5 Å². The molecule has 8 heteroatoms. The summed E-state index contributed by atoms with van der Waals surface area (Å²) in [5, 5.41) is 13.9. The zero-order chi connectivity index (χ0) is 20.8. The Bertz CT molecular complexity index is 843. The van der Waals surface area contributed by atoms with Crippen LogP contribution in [0.15, 0.2) is 35.5 Å². The summed E-state index contributed by atoms with van der Waals surface area (Å²) in [6, 6.07) is 7.99. The third kappa shape index (κ3) is 3.59. The van der Waals surface area contributed by atoms with Crippen molar-refractivity contribution in [3.63, 3.8) is 0 Å². The van der Waals surface area contributed by atoms with Gasteiger partial charge in [0.2, 0.25) is 0 Å². The Morgan fingerprint density at radius 2 is 1.69 bits per heavy atom. The standard InChI is InChI=1S/C21H28N4O4/c1-21(2,3)25-18-9-11-22(19(26)27)10-8-15(18)14-24(25)17-6-4-16(5-7-17)23-12-13-29-20(23)28/h4-7H,8-14H2,1-3H3,(H,26,27). The van der Waals surface area contributed by atoms with Crippen LogP contribution in [0.4, 0.5) is 21.0 Å². The second-order valence-corrected chi connectivity index (χ2v) is 8.64. The van der Waals surface area contributed by atoms with E-state index in [-0.39, 0.29) is 11.6 Å². The molecule has 0 aromatic heterocycles.